The Bertz CT molecular complexity index is 348. The van der Waals surface area contributed by atoms with Crippen molar-refractivity contribution in [3.63, 3.8) is 0 Å². The number of amides is 1. The molecule has 4 heteroatoms. The van der Waals surface area contributed by atoms with Gasteiger partial charge in [-0.05, 0) is 38.0 Å². The molecule has 0 bridgehead atoms. The molecular formula is C17H29NO3. The average molecular weight is 295 g/mol. The number of carboxylic acids is 1. The first kappa shape index (κ1) is 16.3. The Labute approximate surface area is 127 Å². The van der Waals surface area contributed by atoms with Crippen LogP contribution in [0.3, 0.4) is 0 Å². The van der Waals surface area contributed by atoms with E-state index in [1.165, 1.54) is 44.9 Å². The van der Waals surface area contributed by atoms with Crippen LogP contribution >= 0.6 is 0 Å². The quantitative estimate of drug-likeness (QED) is 0.835. The number of nitrogens with one attached hydrogen (secondary N) is 1. The molecule has 2 atom stereocenters. The molecule has 2 saturated carbocycles. The summed E-state index contributed by atoms with van der Waals surface area (Å²) in [6.07, 6.45) is 12.0. The summed E-state index contributed by atoms with van der Waals surface area (Å²) in [5, 5.41) is 12.2. The van der Waals surface area contributed by atoms with Gasteiger partial charge in [0.1, 0.15) is 0 Å². The van der Waals surface area contributed by atoms with Gasteiger partial charge in [0.05, 0.1) is 5.92 Å². The molecule has 2 aliphatic rings. The molecule has 0 aromatic carbocycles. The highest BCUT2D eigenvalue weighted by Gasteiger charge is 2.31. The van der Waals surface area contributed by atoms with Crippen LogP contribution in [-0.4, -0.2) is 23.5 Å². The summed E-state index contributed by atoms with van der Waals surface area (Å²) in [6, 6.07) is 0. The highest BCUT2D eigenvalue weighted by atomic mass is 16.4. The van der Waals surface area contributed by atoms with Gasteiger partial charge >= 0.3 is 5.97 Å². The Hall–Kier alpha value is -1.06. The summed E-state index contributed by atoms with van der Waals surface area (Å²) < 4.78 is 0. The molecule has 2 unspecified atom stereocenters. The van der Waals surface area contributed by atoms with Gasteiger partial charge in [-0.15, -0.1) is 0 Å². The standard InChI is InChI=1S/C17H29NO3/c19-16(14-9-6-10-15(11-14)17(20)21)18-12-13-7-4-2-1-3-5-8-13/h13-15H,1-12H2,(H,18,19)(H,20,21). The van der Waals surface area contributed by atoms with Crippen LogP contribution in [0, 0.1) is 17.8 Å². The summed E-state index contributed by atoms with van der Waals surface area (Å²) >= 11 is 0. The van der Waals surface area contributed by atoms with Crippen LogP contribution in [0.4, 0.5) is 0 Å². The largest absolute Gasteiger partial charge is 0.481 e. The van der Waals surface area contributed by atoms with Crippen molar-refractivity contribution < 1.29 is 14.7 Å². The van der Waals surface area contributed by atoms with E-state index in [1.807, 2.05) is 0 Å². The molecule has 0 aromatic heterocycles. The maximum atomic E-state index is 12.3. The number of hydrogen-bond donors (Lipinski definition) is 2. The Kier molecular flexibility index (Phi) is 6.52. The highest BCUT2D eigenvalue weighted by Crippen LogP contribution is 2.29. The summed E-state index contributed by atoms with van der Waals surface area (Å²) in [4.78, 5) is 23.3. The minimum atomic E-state index is -0.743. The number of carbonyl (C=O) groups is 2. The molecule has 0 saturated heterocycles. The van der Waals surface area contributed by atoms with Crippen molar-refractivity contribution in [2.24, 2.45) is 17.8 Å². The van der Waals surface area contributed by atoms with Gasteiger partial charge in [-0.1, -0.05) is 38.5 Å². The zero-order valence-corrected chi connectivity index (χ0v) is 13.0. The van der Waals surface area contributed by atoms with Crippen LogP contribution in [-0.2, 0) is 9.59 Å². The van der Waals surface area contributed by atoms with Gasteiger partial charge in [-0.3, -0.25) is 9.59 Å². The fourth-order valence-corrected chi connectivity index (χ4v) is 3.79. The van der Waals surface area contributed by atoms with Crippen LogP contribution in [0.5, 0.6) is 0 Å². The summed E-state index contributed by atoms with van der Waals surface area (Å²) in [7, 11) is 0. The van der Waals surface area contributed by atoms with E-state index in [0.717, 1.165) is 25.8 Å². The molecule has 0 heterocycles. The third-order valence-corrected chi connectivity index (χ3v) is 5.18. The van der Waals surface area contributed by atoms with Gasteiger partial charge in [0, 0.05) is 12.5 Å². The molecule has 120 valence electrons. The molecule has 2 fully saturated rings. The first-order valence-electron chi connectivity index (χ1n) is 8.67. The van der Waals surface area contributed by atoms with Crippen LogP contribution in [0.2, 0.25) is 0 Å². The maximum absolute atomic E-state index is 12.3. The van der Waals surface area contributed by atoms with Crippen LogP contribution < -0.4 is 5.32 Å². The molecule has 0 aromatic rings. The fourth-order valence-electron chi connectivity index (χ4n) is 3.79. The summed E-state index contributed by atoms with van der Waals surface area (Å²) in [6.45, 7) is 0.785. The van der Waals surface area contributed by atoms with Crippen molar-refractivity contribution in [2.45, 2.75) is 70.6 Å². The Morgan fingerprint density at radius 2 is 1.48 bits per heavy atom. The number of rotatable bonds is 4. The third kappa shape index (κ3) is 5.33. The van der Waals surface area contributed by atoms with E-state index < -0.39 is 5.97 Å². The van der Waals surface area contributed by atoms with Crippen LogP contribution in [0.1, 0.15) is 70.6 Å². The molecular weight excluding hydrogens is 266 g/mol. The van der Waals surface area contributed by atoms with Gasteiger partial charge in [-0.25, -0.2) is 0 Å². The smallest absolute Gasteiger partial charge is 0.306 e. The lowest BCUT2D eigenvalue weighted by molar-refractivity contribution is -0.144. The predicted octanol–water partition coefficient (Wildman–Crippen LogP) is 3.35. The van der Waals surface area contributed by atoms with Crippen molar-refractivity contribution in [1.29, 1.82) is 0 Å². The van der Waals surface area contributed by atoms with E-state index in [9.17, 15) is 9.59 Å². The molecule has 2 aliphatic carbocycles. The normalized spacial score (nSPS) is 28.4. The molecule has 0 spiro atoms. The van der Waals surface area contributed by atoms with E-state index in [1.54, 1.807) is 0 Å². The van der Waals surface area contributed by atoms with Crippen molar-refractivity contribution in [2.75, 3.05) is 6.54 Å². The Morgan fingerprint density at radius 3 is 2.14 bits per heavy atom. The SMILES string of the molecule is O=C(O)C1CCCC(C(=O)NCC2CCCCCCC2)C1. The molecule has 21 heavy (non-hydrogen) atoms. The van der Waals surface area contributed by atoms with E-state index >= 15 is 0 Å². The zero-order chi connectivity index (χ0) is 15.1. The van der Waals surface area contributed by atoms with Crippen molar-refractivity contribution in [1.82, 2.24) is 5.32 Å². The number of carboxylic acid groups (broad SMARTS) is 1. The number of carbonyl (C=O) groups excluding carboxylic acids is 1. The average Bonchev–Trinajstić information content (AvgIpc) is 2.46. The van der Waals surface area contributed by atoms with Crippen molar-refractivity contribution in [3.8, 4) is 0 Å². The zero-order valence-electron chi connectivity index (χ0n) is 13.0. The first-order chi connectivity index (χ1) is 10.2. The minimum absolute atomic E-state index is 0.0861. The summed E-state index contributed by atoms with van der Waals surface area (Å²) in [5.74, 6) is -0.451. The van der Waals surface area contributed by atoms with Gasteiger partial charge in [-0.2, -0.15) is 0 Å². The molecule has 0 aliphatic heterocycles. The van der Waals surface area contributed by atoms with Gasteiger partial charge in [0.15, 0.2) is 0 Å². The number of hydrogen-bond acceptors (Lipinski definition) is 2. The van der Waals surface area contributed by atoms with Crippen molar-refractivity contribution >= 4 is 11.9 Å². The number of aliphatic carboxylic acids is 1. The lowest BCUT2D eigenvalue weighted by Crippen LogP contribution is -2.37. The Morgan fingerprint density at radius 1 is 0.857 bits per heavy atom. The van der Waals surface area contributed by atoms with Gasteiger partial charge in [0.2, 0.25) is 5.91 Å². The lowest BCUT2D eigenvalue weighted by Gasteiger charge is -2.27. The van der Waals surface area contributed by atoms with Gasteiger partial charge in [0.25, 0.3) is 0 Å². The van der Waals surface area contributed by atoms with E-state index in [2.05, 4.69) is 5.32 Å². The van der Waals surface area contributed by atoms with Gasteiger partial charge < -0.3 is 10.4 Å². The van der Waals surface area contributed by atoms with E-state index in [0.29, 0.717) is 12.3 Å². The van der Waals surface area contributed by atoms with E-state index in [-0.39, 0.29) is 17.7 Å². The summed E-state index contributed by atoms with van der Waals surface area (Å²) in [5.41, 5.74) is 0. The second-order valence-electron chi connectivity index (χ2n) is 6.85. The predicted molar refractivity (Wildman–Crippen MR) is 81.9 cm³/mol. The molecule has 0 radical (unpaired) electrons. The van der Waals surface area contributed by atoms with E-state index in [4.69, 9.17) is 5.11 Å². The Balaban J connectivity index is 1.74. The lowest BCUT2D eigenvalue weighted by atomic mass is 9.81. The minimum Gasteiger partial charge on any atom is -0.481 e. The molecule has 2 rings (SSSR count). The second kappa shape index (κ2) is 8.40. The van der Waals surface area contributed by atoms with Crippen LogP contribution in [0.25, 0.3) is 0 Å². The first-order valence-corrected chi connectivity index (χ1v) is 8.67. The second-order valence-corrected chi connectivity index (χ2v) is 6.85. The fraction of sp³-hybridized carbons (Fsp3) is 0.882. The highest BCUT2D eigenvalue weighted by molar-refractivity contribution is 5.80. The third-order valence-electron chi connectivity index (χ3n) is 5.18. The molecule has 4 nitrogen and oxygen atoms in total. The topological polar surface area (TPSA) is 66.4 Å². The van der Waals surface area contributed by atoms with Crippen molar-refractivity contribution in [3.05, 3.63) is 0 Å². The maximum Gasteiger partial charge on any atom is 0.306 e. The van der Waals surface area contributed by atoms with Crippen LogP contribution in [0.15, 0.2) is 0 Å². The molecule has 2 N–H and O–H groups in total. The molecule has 1 amide bonds. The monoisotopic (exact) mass is 295 g/mol.